The van der Waals surface area contributed by atoms with Crippen LogP contribution in [0.4, 0.5) is 5.69 Å². The van der Waals surface area contributed by atoms with E-state index in [1.807, 2.05) is 0 Å². The van der Waals surface area contributed by atoms with Gasteiger partial charge in [0, 0.05) is 25.9 Å². The fourth-order valence-corrected chi connectivity index (χ4v) is 4.71. The number of hydrogen-bond donors (Lipinski definition) is 0. The van der Waals surface area contributed by atoms with Crippen LogP contribution in [0.2, 0.25) is 0 Å². The lowest BCUT2D eigenvalue weighted by molar-refractivity contribution is -0.667. The van der Waals surface area contributed by atoms with E-state index >= 15 is 0 Å². The first-order chi connectivity index (χ1) is 11.8. The van der Waals surface area contributed by atoms with Crippen molar-refractivity contribution in [1.82, 2.24) is 4.57 Å². The quantitative estimate of drug-likeness (QED) is 0.685. The molecule has 0 saturated carbocycles. The lowest BCUT2D eigenvalue weighted by atomic mass is 10.0. The van der Waals surface area contributed by atoms with Crippen molar-refractivity contribution >= 4 is 11.6 Å². The maximum Gasteiger partial charge on any atom is 0.302 e. The van der Waals surface area contributed by atoms with Crippen molar-refractivity contribution < 1.29 is 4.57 Å². The number of benzene rings is 1. The minimum absolute atomic E-state index is 0.948. The summed E-state index contributed by atoms with van der Waals surface area (Å²) in [7, 11) is 2.25. The summed E-state index contributed by atoms with van der Waals surface area (Å²) in [6.07, 6.45) is 7.38. The summed E-state index contributed by atoms with van der Waals surface area (Å²) in [5, 5.41) is 0. The molecule has 4 nitrogen and oxygen atoms in total. The maximum absolute atomic E-state index is 5.03. The Labute approximate surface area is 143 Å². The second-order valence-electron chi connectivity index (χ2n) is 7.33. The van der Waals surface area contributed by atoms with Gasteiger partial charge in [-0.25, -0.2) is 9.56 Å². The Morgan fingerprint density at radius 2 is 1.96 bits per heavy atom. The topological polar surface area (TPSA) is 24.4 Å². The van der Waals surface area contributed by atoms with Crippen LogP contribution >= 0.6 is 0 Å². The Balaban J connectivity index is 1.89. The van der Waals surface area contributed by atoms with Gasteiger partial charge in [0.1, 0.15) is 5.69 Å². The Hall–Kier alpha value is -2.10. The maximum atomic E-state index is 5.03. The summed E-state index contributed by atoms with van der Waals surface area (Å²) in [6.45, 7) is 4.27. The van der Waals surface area contributed by atoms with Gasteiger partial charge < -0.3 is 0 Å². The summed E-state index contributed by atoms with van der Waals surface area (Å²) in [4.78, 5) is 7.50. The first kappa shape index (κ1) is 14.3. The summed E-state index contributed by atoms with van der Waals surface area (Å²) in [5.74, 6) is 2.51. The van der Waals surface area contributed by atoms with Crippen LogP contribution in [0.25, 0.3) is 11.4 Å². The van der Waals surface area contributed by atoms with E-state index < -0.39 is 0 Å². The summed E-state index contributed by atoms with van der Waals surface area (Å²) >= 11 is 0. The fraction of sp³-hybridized carbons (Fsp3) is 0.500. The average Bonchev–Trinajstić information content (AvgIpc) is 2.77. The minimum atomic E-state index is 0.948. The molecule has 0 radical (unpaired) electrons. The van der Waals surface area contributed by atoms with Crippen molar-refractivity contribution in [1.29, 1.82) is 0 Å². The van der Waals surface area contributed by atoms with E-state index in [0.29, 0.717) is 0 Å². The molecule has 3 aliphatic rings. The summed E-state index contributed by atoms with van der Waals surface area (Å²) in [5.41, 5.74) is 7.11. The third kappa shape index (κ3) is 1.80. The molecule has 0 spiro atoms. The van der Waals surface area contributed by atoms with Gasteiger partial charge in [-0.3, -0.25) is 4.90 Å². The van der Waals surface area contributed by atoms with E-state index in [4.69, 9.17) is 4.99 Å². The van der Waals surface area contributed by atoms with Crippen LogP contribution in [0, 0.1) is 6.92 Å². The van der Waals surface area contributed by atoms with Crippen molar-refractivity contribution in [2.24, 2.45) is 12.0 Å². The molecule has 124 valence electrons. The minimum Gasteiger partial charge on any atom is -0.291 e. The molecule has 2 aliphatic heterocycles. The molecule has 0 atom stereocenters. The van der Waals surface area contributed by atoms with Crippen LogP contribution in [-0.2, 0) is 19.9 Å². The molecule has 24 heavy (non-hydrogen) atoms. The predicted molar refractivity (Wildman–Crippen MR) is 96.7 cm³/mol. The van der Waals surface area contributed by atoms with Gasteiger partial charge in [-0.05, 0) is 44.2 Å². The average molecular weight is 321 g/mol. The monoisotopic (exact) mass is 321 g/mol. The van der Waals surface area contributed by atoms with E-state index in [9.17, 15) is 0 Å². The number of fused-ring (bicyclic) bond motifs is 8. The van der Waals surface area contributed by atoms with Crippen LogP contribution in [0.1, 0.15) is 42.6 Å². The number of aliphatic imine (C=N–C) groups is 1. The second-order valence-corrected chi connectivity index (χ2v) is 7.33. The summed E-state index contributed by atoms with van der Waals surface area (Å²) < 4.78 is 4.94. The molecule has 1 aromatic heterocycles. The first-order valence-electron chi connectivity index (χ1n) is 9.32. The molecule has 0 unspecified atom stereocenters. The standard InChI is InChI=1S/C20H25N4/c1-14-8-7-11-17-18(14)19-22(2)15-9-3-4-10-16(15)24(19)20-21-12-5-6-13-23(17)20/h7-8,11H,3-6,9-10,12-13H2,1-2H3/q+1. The number of imidazole rings is 1. The zero-order chi connectivity index (χ0) is 16.3. The third-order valence-electron chi connectivity index (χ3n) is 5.86. The first-order valence-corrected chi connectivity index (χ1v) is 9.32. The molecular formula is C20H25N4+. The molecule has 0 bridgehead atoms. The number of aromatic nitrogens is 2. The van der Waals surface area contributed by atoms with Gasteiger partial charge in [0.05, 0.1) is 18.3 Å². The molecule has 0 N–H and O–H groups in total. The van der Waals surface area contributed by atoms with Crippen LogP contribution < -0.4 is 9.47 Å². The third-order valence-corrected chi connectivity index (χ3v) is 5.86. The Bertz CT molecular complexity index is 859. The van der Waals surface area contributed by atoms with Gasteiger partial charge in [-0.15, -0.1) is 0 Å². The Kier molecular flexibility index (Phi) is 3.09. The normalized spacial score (nSPS) is 18.9. The number of rotatable bonds is 0. The number of nitrogens with zero attached hydrogens (tertiary/aromatic N) is 4. The van der Waals surface area contributed by atoms with Gasteiger partial charge in [0.2, 0.25) is 0 Å². The van der Waals surface area contributed by atoms with Gasteiger partial charge in [0.15, 0.2) is 5.69 Å². The van der Waals surface area contributed by atoms with Crippen molar-refractivity contribution in [2.45, 2.75) is 45.4 Å². The van der Waals surface area contributed by atoms with E-state index in [-0.39, 0.29) is 0 Å². The molecule has 0 fully saturated rings. The fourth-order valence-electron chi connectivity index (χ4n) is 4.71. The van der Waals surface area contributed by atoms with Crippen molar-refractivity contribution in [3.05, 3.63) is 35.2 Å². The lowest BCUT2D eigenvalue weighted by Gasteiger charge is -2.29. The van der Waals surface area contributed by atoms with Crippen LogP contribution in [0.5, 0.6) is 0 Å². The van der Waals surface area contributed by atoms with Crippen LogP contribution in [0.15, 0.2) is 23.2 Å². The highest BCUT2D eigenvalue weighted by Gasteiger charge is 2.42. The van der Waals surface area contributed by atoms with E-state index in [1.54, 1.807) is 0 Å². The zero-order valence-corrected chi connectivity index (χ0v) is 14.7. The number of hydrogen-bond acceptors (Lipinski definition) is 2. The van der Waals surface area contributed by atoms with E-state index in [1.165, 1.54) is 78.5 Å². The molecule has 5 rings (SSSR count). The Morgan fingerprint density at radius 1 is 1.08 bits per heavy atom. The molecule has 4 heteroatoms. The largest absolute Gasteiger partial charge is 0.302 e. The molecule has 2 aromatic rings. The van der Waals surface area contributed by atoms with Crippen molar-refractivity contribution in [3.8, 4) is 11.4 Å². The highest BCUT2D eigenvalue weighted by molar-refractivity contribution is 6.06. The van der Waals surface area contributed by atoms with Crippen molar-refractivity contribution in [2.75, 3.05) is 18.0 Å². The predicted octanol–water partition coefficient (Wildman–Crippen LogP) is 2.98. The SMILES string of the molecule is Cc1cccc2c1-c1n(c3c([n+]1C)CCCC3)C1=NCCCCN12. The highest BCUT2D eigenvalue weighted by atomic mass is 15.4. The Morgan fingerprint density at radius 3 is 2.88 bits per heavy atom. The molecule has 0 amide bonds. The van der Waals surface area contributed by atoms with E-state index in [0.717, 1.165) is 13.1 Å². The smallest absolute Gasteiger partial charge is 0.291 e. The van der Waals surface area contributed by atoms with Gasteiger partial charge in [-0.2, -0.15) is 4.57 Å². The number of anilines is 1. The van der Waals surface area contributed by atoms with Crippen LogP contribution in [-0.4, -0.2) is 23.6 Å². The van der Waals surface area contributed by atoms with Gasteiger partial charge in [-0.1, -0.05) is 12.1 Å². The molecule has 1 aliphatic carbocycles. The van der Waals surface area contributed by atoms with Gasteiger partial charge in [0.25, 0.3) is 5.82 Å². The van der Waals surface area contributed by atoms with Crippen LogP contribution in [0.3, 0.4) is 0 Å². The summed E-state index contributed by atoms with van der Waals surface area (Å²) in [6, 6.07) is 6.71. The molecular weight excluding hydrogens is 296 g/mol. The van der Waals surface area contributed by atoms with Crippen molar-refractivity contribution in [3.63, 3.8) is 0 Å². The zero-order valence-electron chi connectivity index (χ0n) is 14.7. The van der Waals surface area contributed by atoms with Gasteiger partial charge >= 0.3 is 5.96 Å². The molecule has 1 aromatic carbocycles. The lowest BCUT2D eigenvalue weighted by Crippen LogP contribution is -2.44. The molecule has 3 heterocycles. The van der Waals surface area contributed by atoms with E-state index in [2.05, 4.69) is 46.2 Å². The second kappa shape index (κ2) is 5.20. The number of aryl methyl sites for hydroxylation is 1. The highest BCUT2D eigenvalue weighted by Crippen LogP contribution is 2.40. The molecule has 0 saturated heterocycles.